The average molecular weight is 220 g/mol. The first kappa shape index (κ1) is 10.6. The Morgan fingerprint density at radius 1 is 1.56 bits per heavy atom. The number of rotatable bonds is 3. The molecule has 1 aromatic carbocycles. The van der Waals surface area contributed by atoms with Gasteiger partial charge in [-0.1, -0.05) is 6.07 Å². The van der Waals surface area contributed by atoms with E-state index in [1.807, 2.05) is 18.2 Å². The number of fused-ring (bicyclic) bond motifs is 1. The Hall–Kier alpha value is -1.88. The van der Waals surface area contributed by atoms with Gasteiger partial charge in [-0.05, 0) is 17.7 Å². The molecule has 0 saturated heterocycles. The van der Waals surface area contributed by atoms with Crippen LogP contribution in [0.5, 0.6) is 0 Å². The number of amides is 1. The largest absolute Gasteiger partial charge is 0.441 e. The number of carbonyl (C=O) groups excluding carboxylic acids is 1. The topological polar surface area (TPSA) is 75.4 Å². The van der Waals surface area contributed by atoms with Crippen molar-refractivity contribution in [2.24, 2.45) is 0 Å². The summed E-state index contributed by atoms with van der Waals surface area (Å²) >= 11 is 0. The number of aromatic nitrogens is 1. The van der Waals surface area contributed by atoms with Crippen molar-refractivity contribution < 1.29 is 14.3 Å². The Balaban J connectivity index is 2.16. The van der Waals surface area contributed by atoms with E-state index in [4.69, 9.17) is 9.52 Å². The summed E-state index contributed by atoms with van der Waals surface area (Å²) in [7, 11) is 0. The highest BCUT2D eigenvalue weighted by molar-refractivity contribution is 5.77. The van der Waals surface area contributed by atoms with Gasteiger partial charge in [0.15, 0.2) is 11.5 Å². The first-order valence-electron chi connectivity index (χ1n) is 4.92. The summed E-state index contributed by atoms with van der Waals surface area (Å²) in [6, 6.07) is 5.53. The second-order valence-electron chi connectivity index (χ2n) is 3.47. The molecular weight excluding hydrogens is 208 g/mol. The maximum absolute atomic E-state index is 10.9. The minimum Gasteiger partial charge on any atom is -0.441 e. The SMILES string of the molecule is Cc1nc2ccc(CNC(=O)CO)cc2o1. The number of nitrogens with zero attached hydrogens (tertiary/aromatic N) is 1. The van der Waals surface area contributed by atoms with Gasteiger partial charge in [-0.2, -0.15) is 0 Å². The summed E-state index contributed by atoms with van der Waals surface area (Å²) in [5.74, 6) is 0.223. The Kier molecular flexibility index (Phi) is 2.87. The van der Waals surface area contributed by atoms with Crippen LogP contribution in [0.15, 0.2) is 22.6 Å². The molecule has 1 aromatic heterocycles. The number of aliphatic hydroxyl groups excluding tert-OH is 1. The number of aliphatic hydroxyl groups is 1. The molecule has 0 saturated carbocycles. The highest BCUT2D eigenvalue weighted by Crippen LogP contribution is 2.16. The fraction of sp³-hybridized carbons (Fsp3) is 0.273. The van der Waals surface area contributed by atoms with Crippen molar-refractivity contribution in [3.63, 3.8) is 0 Å². The van der Waals surface area contributed by atoms with Crippen LogP contribution >= 0.6 is 0 Å². The minimum atomic E-state index is -0.496. The molecule has 0 aliphatic rings. The van der Waals surface area contributed by atoms with E-state index >= 15 is 0 Å². The zero-order chi connectivity index (χ0) is 11.5. The van der Waals surface area contributed by atoms with Crippen LogP contribution in [0.1, 0.15) is 11.5 Å². The summed E-state index contributed by atoms with van der Waals surface area (Å²) in [5, 5.41) is 11.1. The van der Waals surface area contributed by atoms with E-state index in [0.717, 1.165) is 11.1 Å². The van der Waals surface area contributed by atoms with Crippen LogP contribution in [-0.4, -0.2) is 22.6 Å². The lowest BCUT2D eigenvalue weighted by Crippen LogP contribution is -2.25. The van der Waals surface area contributed by atoms with E-state index in [1.165, 1.54) is 0 Å². The smallest absolute Gasteiger partial charge is 0.245 e. The molecule has 0 spiro atoms. The maximum atomic E-state index is 10.9. The fourth-order valence-corrected chi connectivity index (χ4v) is 1.45. The Bertz CT molecular complexity index is 519. The van der Waals surface area contributed by atoms with Gasteiger partial charge in [0.1, 0.15) is 12.1 Å². The van der Waals surface area contributed by atoms with Crippen molar-refractivity contribution in [3.8, 4) is 0 Å². The number of benzene rings is 1. The lowest BCUT2D eigenvalue weighted by molar-refractivity contribution is -0.123. The zero-order valence-corrected chi connectivity index (χ0v) is 8.86. The third kappa shape index (κ3) is 2.20. The molecule has 16 heavy (non-hydrogen) atoms. The number of nitrogens with one attached hydrogen (secondary N) is 1. The molecule has 0 bridgehead atoms. The summed E-state index contributed by atoms with van der Waals surface area (Å²) in [5.41, 5.74) is 2.41. The molecule has 5 nitrogen and oxygen atoms in total. The highest BCUT2D eigenvalue weighted by atomic mass is 16.3. The number of oxazole rings is 1. The zero-order valence-electron chi connectivity index (χ0n) is 8.86. The van der Waals surface area contributed by atoms with Gasteiger partial charge >= 0.3 is 0 Å². The van der Waals surface area contributed by atoms with Crippen LogP contribution < -0.4 is 5.32 Å². The van der Waals surface area contributed by atoms with Gasteiger partial charge in [-0.25, -0.2) is 4.98 Å². The second-order valence-corrected chi connectivity index (χ2v) is 3.47. The van der Waals surface area contributed by atoms with Gasteiger partial charge in [-0.3, -0.25) is 4.79 Å². The predicted octanol–water partition coefficient (Wildman–Crippen LogP) is 0.745. The lowest BCUT2D eigenvalue weighted by Gasteiger charge is -2.02. The van der Waals surface area contributed by atoms with E-state index in [0.29, 0.717) is 18.0 Å². The molecule has 0 fully saturated rings. The molecule has 0 aliphatic carbocycles. The molecule has 0 atom stereocenters. The molecule has 0 unspecified atom stereocenters. The molecule has 84 valence electrons. The van der Waals surface area contributed by atoms with Gasteiger partial charge in [0.25, 0.3) is 0 Å². The Labute approximate surface area is 92.1 Å². The van der Waals surface area contributed by atoms with Crippen molar-refractivity contribution in [1.29, 1.82) is 0 Å². The van der Waals surface area contributed by atoms with Gasteiger partial charge in [-0.15, -0.1) is 0 Å². The van der Waals surface area contributed by atoms with Crippen LogP contribution in [-0.2, 0) is 11.3 Å². The van der Waals surface area contributed by atoms with Crippen molar-refractivity contribution in [2.75, 3.05) is 6.61 Å². The van der Waals surface area contributed by atoms with Crippen molar-refractivity contribution >= 4 is 17.0 Å². The van der Waals surface area contributed by atoms with Crippen LogP contribution in [0.25, 0.3) is 11.1 Å². The van der Waals surface area contributed by atoms with Gasteiger partial charge in [0, 0.05) is 13.5 Å². The number of hydrogen-bond acceptors (Lipinski definition) is 4. The number of aryl methyl sites for hydroxylation is 1. The van der Waals surface area contributed by atoms with Crippen LogP contribution in [0.3, 0.4) is 0 Å². The molecule has 1 amide bonds. The minimum absolute atomic E-state index is 0.370. The standard InChI is InChI=1S/C11H12N2O3/c1-7-13-9-3-2-8(4-10(9)16-7)5-12-11(15)6-14/h2-4,14H,5-6H2,1H3,(H,12,15). The van der Waals surface area contributed by atoms with Crippen LogP contribution in [0.4, 0.5) is 0 Å². The van der Waals surface area contributed by atoms with Crippen molar-refractivity contribution in [2.45, 2.75) is 13.5 Å². The monoisotopic (exact) mass is 220 g/mol. The van der Waals surface area contributed by atoms with Crippen LogP contribution in [0.2, 0.25) is 0 Å². The van der Waals surface area contributed by atoms with E-state index in [9.17, 15) is 4.79 Å². The summed E-state index contributed by atoms with van der Waals surface area (Å²) in [6.07, 6.45) is 0. The second kappa shape index (κ2) is 4.32. The van der Waals surface area contributed by atoms with Gasteiger partial charge < -0.3 is 14.8 Å². The Morgan fingerprint density at radius 2 is 2.38 bits per heavy atom. The molecule has 5 heteroatoms. The van der Waals surface area contributed by atoms with E-state index in [2.05, 4.69) is 10.3 Å². The Morgan fingerprint density at radius 3 is 3.12 bits per heavy atom. The summed E-state index contributed by atoms with van der Waals surface area (Å²) in [6.45, 7) is 1.66. The molecule has 1 heterocycles. The molecular formula is C11H12N2O3. The molecule has 2 aromatic rings. The van der Waals surface area contributed by atoms with Crippen LogP contribution in [0, 0.1) is 6.92 Å². The maximum Gasteiger partial charge on any atom is 0.245 e. The predicted molar refractivity (Wildman–Crippen MR) is 57.7 cm³/mol. The third-order valence-corrected chi connectivity index (χ3v) is 2.19. The van der Waals surface area contributed by atoms with Crippen molar-refractivity contribution in [1.82, 2.24) is 10.3 Å². The molecule has 2 rings (SSSR count). The molecule has 0 aliphatic heterocycles. The van der Waals surface area contributed by atoms with Crippen molar-refractivity contribution in [3.05, 3.63) is 29.7 Å². The van der Waals surface area contributed by atoms with E-state index in [1.54, 1.807) is 6.92 Å². The summed E-state index contributed by atoms with van der Waals surface area (Å²) < 4.78 is 5.37. The normalized spacial score (nSPS) is 10.6. The molecule has 0 radical (unpaired) electrons. The number of carbonyl (C=O) groups is 1. The fourth-order valence-electron chi connectivity index (χ4n) is 1.45. The first-order chi connectivity index (χ1) is 7.69. The highest BCUT2D eigenvalue weighted by Gasteiger charge is 2.04. The molecule has 2 N–H and O–H groups in total. The van der Waals surface area contributed by atoms with Gasteiger partial charge in [0.2, 0.25) is 5.91 Å². The van der Waals surface area contributed by atoms with Gasteiger partial charge in [0.05, 0.1) is 0 Å². The average Bonchev–Trinajstić information content (AvgIpc) is 2.65. The van der Waals surface area contributed by atoms with E-state index < -0.39 is 12.5 Å². The lowest BCUT2D eigenvalue weighted by atomic mass is 10.2. The quantitative estimate of drug-likeness (QED) is 0.800. The summed E-state index contributed by atoms with van der Waals surface area (Å²) in [4.78, 5) is 15.0. The first-order valence-corrected chi connectivity index (χ1v) is 4.92. The van der Waals surface area contributed by atoms with E-state index in [-0.39, 0.29) is 0 Å². The third-order valence-electron chi connectivity index (χ3n) is 2.19. The number of hydrogen-bond donors (Lipinski definition) is 2.